The SMILES string of the molecule is Nc1c(-c2cc(Cc3cnc(Oc4cccc(F)c4)c(F)c3)no2)ccc[n+]1COP(=O)(O)O. The summed E-state index contributed by atoms with van der Waals surface area (Å²) in [7, 11) is -4.68. The average Bonchev–Trinajstić information content (AvgIpc) is 3.22. The van der Waals surface area contributed by atoms with Gasteiger partial charge in [-0.15, -0.1) is 0 Å². The Balaban J connectivity index is 1.48. The maximum atomic E-state index is 14.5. The molecule has 0 radical (unpaired) electrons. The molecule has 0 saturated carbocycles. The Hall–Kier alpha value is -3.70. The van der Waals surface area contributed by atoms with Crippen LogP contribution in [0.2, 0.25) is 0 Å². The first-order valence-electron chi connectivity index (χ1n) is 9.70. The van der Waals surface area contributed by atoms with E-state index in [-0.39, 0.29) is 29.6 Å². The second-order valence-electron chi connectivity index (χ2n) is 7.07. The van der Waals surface area contributed by atoms with Crippen LogP contribution in [0.5, 0.6) is 11.6 Å². The maximum Gasteiger partial charge on any atom is 0.472 e. The zero-order chi connectivity index (χ0) is 24.3. The molecule has 4 N–H and O–H groups in total. The van der Waals surface area contributed by atoms with Crippen LogP contribution in [0.1, 0.15) is 11.3 Å². The Kier molecular flexibility index (Phi) is 6.66. The topological polar surface area (TPSA) is 145 Å². The number of nitrogens with zero attached hydrogens (tertiary/aromatic N) is 3. The second-order valence-corrected chi connectivity index (χ2v) is 8.31. The minimum atomic E-state index is -4.68. The molecule has 0 fully saturated rings. The van der Waals surface area contributed by atoms with Gasteiger partial charge >= 0.3 is 7.82 Å². The first kappa shape index (κ1) is 23.5. The van der Waals surface area contributed by atoms with Crippen LogP contribution in [0.4, 0.5) is 14.6 Å². The van der Waals surface area contributed by atoms with Gasteiger partial charge in [0.2, 0.25) is 6.73 Å². The van der Waals surface area contributed by atoms with E-state index >= 15 is 0 Å². The molecule has 0 unspecified atom stereocenters. The van der Waals surface area contributed by atoms with Gasteiger partial charge in [-0.2, -0.15) is 0 Å². The zero-order valence-electron chi connectivity index (χ0n) is 17.3. The summed E-state index contributed by atoms with van der Waals surface area (Å²) in [6.45, 7) is -0.472. The van der Waals surface area contributed by atoms with Crippen LogP contribution in [0.3, 0.4) is 0 Å². The fourth-order valence-corrected chi connectivity index (χ4v) is 3.31. The molecule has 10 nitrogen and oxygen atoms in total. The third-order valence-electron chi connectivity index (χ3n) is 4.56. The highest BCUT2D eigenvalue weighted by Crippen LogP contribution is 2.35. The van der Waals surface area contributed by atoms with Crippen molar-refractivity contribution >= 4 is 13.6 Å². The molecule has 0 saturated heterocycles. The van der Waals surface area contributed by atoms with Gasteiger partial charge in [0.25, 0.3) is 11.7 Å². The lowest BCUT2D eigenvalue weighted by Gasteiger charge is -2.07. The molecule has 3 aromatic heterocycles. The number of benzene rings is 1. The number of phosphoric ester groups is 1. The molecule has 4 aromatic rings. The van der Waals surface area contributed by atoms with Crippen molar-refractivity contribution in [3.63, 3.8) is 0 Å². The van der Waals surface area contributed by atoms with Crippen molar-refractivity contribution in [2.24, 2.45) is 0 Å². The minimum Gasteiger partial charge on any atom is -0.436 e. The van der Waals surface area contributed by atoms with Crippen LogP contribution in [-0.4, -0.2) is 19.9 Å². The monoisotopic (exact) mass is 491 g/mol. The molecule has 0 atom stereocenters. The molecular formula is C21H18F2N4O6P+. The predicted molar refractivity (Wildman–Crippen MR) is 113 cm³/mol. The number of hydrogen-bond acceptors (Lipinski definition) is 7. The Bertz CT molecular complexity index is 1380. The summed E-state index contributed by atoms with van der Waals surface area (Å²) in [4.78, 5) is 21.7. The van der Waals surface area contributed by atoms with E-state index in [0.717, 1.165) is 6.07 Å². The molecule has 34 heavy (non-hydrogen) atoms. The molecule has 0 aliphatic carbocycles. The van der Waals surface area contributed by atoms with Gasteiger partial charge in [0.1, 0.15) is 17.1 Å². The summed E-state index contributed by atoms with van der Waals surface area (Å²) in [6, 6.07) is 11.3. The number of nitrogen functional groups attached to an aromatic ring is 1. The van der Waals surface area contributed by atoms with Gasteiger partial charge in [-0.3, -0.25) is 5.73 Å². The van der Waals surface area contributed by atoms with Crippen molar-refractivity contribution in [2.45, 2.75) is 13.2 Å². The predicted octanol–water partition coefficient (Wildman–Crippen LogP) is 3.33. The molecular weight excluding hydrogens is 473 g/mol. The summed E-state index contributed by atoms with van der Waals surface area (Å²) in [6.07, 6.45) is 3.06. The number of pyridine rings is 2. The molecule has 0 aliphatic heterocycles. The van der Waals surface area contributed by atoms with Gasteiger partial charge in [-0.1, -0.05) is 11.2 Å². The van der Waals surface area contributed by atoms with E-state index in [4.69, 9.17) is 24.8 Å². The number of anilines is 1. The van der Waals surface area contributed by atoms with Gasteiger partial charge in [0, 0.05) is 24.8 Å². The lowest BCUT2D eigenvalue weighted by molar-refractivity contribution is -0.711. The first-order valence-corrected chi connectivity index (χ1v) is 11.2. The standard InChI is InChI=1S/C21H17F2N4O6P/c22-14-3-1-4-16(9-14)32-21-18(23)8-13(11-25-21)7-15-10-19(33-26-15)17-5-2-6-27(20(17)24)12-31-34(28,29)30/h1-6,8-11,24H,7,12H2,(H2,28,29,30)/p+1. The molecule has 0 amide bonds. The van der Waals surface area contributed by atoms with E-state index in [1.54, 1.807) is 18.2 Å². The van der Waals surface area contributed by atoms with Gasteiger partial charge in [-0.25, -0.2) is 27.4 Å². The van der Waals surface area contributed by atoms with Crippen molar-refractivity contribution < 1.29 is 41.5 Å². The van der Waals surface area contributed by atoms with Gasteiger partial charge < -0.3 is 19.0 Å². The highest BCUT2D eigenvalue weighted by atomic mass is 31.2. The van der Waals surface area contributed by atoms with Crippen LogP contribution < -0.4 is 15.0 Å². The zero-order valence-corrected chi connectivity index (χ0v) is 18.2. The largest absolute Gasteiger partial charge is 0.472 e. The Morgan fingerprint density at radius 3 is 2.71 bits per heavy atom. The van der Waals surface area contributed by atoms with Crippen molar-refractivity contribution in [3.05, 3.63) is 83.8 Å². The number of ether oxygens (including phenoxy) is 1. The highest BCUT2D eigenvalue weighted by molar-refractivity contribution is 7.46. The van der Waals surface area contributed by atoms with Gasteiger partial charge in [0.05, 0.1) is 11.9 Å². The van der Waals surface area contributed by atoms with Crippen LogP contribution >= 0.6 is 7.82 Å². The number of phosphoric acid groups is 1. The third-order valence-corrected chi connectivity index (χ3v) is 5.02. The Morgan fingerprint density at radius 2 is 1.97 bits per heavy atom. The number of halogens is 2. The molecule has 4 rings (SSSR count). The van der Waals surface area contributed by atoms with E-state index in [1.165, 1.54) is 41.2 Å². The van der Waals surface area contributed by atoms with Crippen LogP contribution in [0.25, 0.3) is 11.3 Å². The molecule has 0 aliphatic rings. The van der Waals surface area contributed by atoms with E-state index in [0.29, 0.717) is 16.8 Å². The molecule has 176 valence electrons. The third kappa shape index (κ3) is 5.80. The quantitative estimate of drug-likeness (QED) is 0.250. The summed E-state index contributed by atoms with van der Waals surface area (Å²) in [5.41, 5.74) is 7.41. The smallest absolute Gasteiger partial charge is 0.436 e. The van der Waals surface area contributed by atoms with E-state index in [1.807, 2.05) is 0 Å². The maximum absolute atomic E-state index is 14.5. The van der Waals surface area contributed by atoms with Gasteiger partial charge in [-0.05, 0) is 35.9 Å². The van der Waals surface area contributed by atoms with Crippen molar-refractivity contribution in [2.75, 3.05) is 5.73 Å². The van der Waals surface area contributed by atoms with Crippen LogP contribution in [0.15, 0.2) is 65.4 Å². The molecule has 3 heterocycles. The van der Waals surface area contributed by atoms with E-state index < -0.39 is 26.2 Å². The summed E-state index contributed by atoms with van der Waals surface area (Å²) >= 11 is 0. The molecule has 0 bridgehead atoms. The number of rotatable bonds is 8. The van der Waals surface area contributed by atoms with Gasteiger partial charge in [0.15, 0.2) is 11.6 Å². The van der Waals surface area contributed by atoms with Crippen LogP contribution in [0, 0.1) is 11.6 Å². The normalized spacial score (nSPS) is 11.5. The number of nitrogens with two attached hydrogens (primary N) is 1. The van der Waals surface area contributed by atoms with E-state index in [9.17, 15) is 13.3 Å². The van der Waals surface area contributed by atoms with Crippen molar-refractivity contribution in [1.82, 2.24) is 10.1 Å². The van der Waals surface area contributed by atoms with Crippen LogP contribution in [-0.2, 0) is 22.2 Å². The Labute approximate surface area is 191 Å². The fraction of sp³-hybridized carbons (Fsp3) is 0.0952. The Morgan fingerprint density at radius 1 is 1.15 bits per heavy atom. The first-order chi connectivity index (χ1) is 16.2. The molecule has 0 spiro atoms. The molecule has 13 heteroatoms. The van der Waals surface area contributed by atoms with E-state index in [2.05, 4.69) is 14.7 Å². The summed E-state index contributed by atoms with van der Waals surface area (Å²) in [5, 5.41) is 3.95. The van der Waals surface area contributed by atoms with Crippen molar-refractivity contribution in [1.29, 1.82) is 0 Å². The number of hydrogen-bond donors (Lipinski definition) is 3. The fourth-order valence-electron chi connectivity index (χ4n) is 3.03. The second kappa shape index (κ2) is 9.65. The minimum absolute atomic E-state index is 0.115. The molecule has 1 aromatic carbocycles. The summed E-state index contributed by atoms with van der Waals surface area (Å²) < 4.78 is 55.0. The lowest BCUT2D eigenvalue weighted by atomic mass is 10.1. The lowest BCUT2D eigenvalue weighted by Crippen LogP contribution is -2.38. The average molecular weight is 491 g/mol. The number of aromatic nitrogens is 3. The highest BCUT2D eigenvalue weighted by Gasteiger charge is 2.21. The summed E-state index contributed by atoms with van der Waals surface area (Å²) in [5.74, 6) is -1.01. The van der Waals surface area contributed by atoms with Crippen molar-refractivity contribution in [3.8, 4) is 23.0 Å².